The zero-order chi connectivity index (χ0) is 9.14. The lowest BCUT2D eigenvalue weighted by Gasteiger charge is -2.02. The highest BCUT2D eigenvalue weighted by atomic mass is 35.5. The van der Waals surface area contributed by atoms with Gasteiger partial charge in [0.15, 0.2) is 0 Å². The minimum atomic E-state index is -0.371. The fraction of sp³-hybridized carbons (Fsp3) is 0.222. The maximum absolute atomic E-state index is 13.2. The molecule has 3 heteroatoms. The molecule has 0 unspecified atom stereocenters. The maximum Gasteiger partial charge on any atom is 0.131 e. The molecule has 0 spiro atoms. The molecule has 0 amide bonds. The van der Waals surface area contributed by atoms with Crippen molar-refractivity contribution in [1.29, 1.82) is 5.26 Å². The van der Waals surface area contributed by atoms with Gasteiger partial charge >= 0.3 is 0 Å². The molecule has 0 fully saturated rings. The van der Waals surface area contributed by atoms with Crippen molar-refractivity contribution in [2.45, 2.75) is 13.3 Å². The van der Waals surface area contributed by atoms with Gasteiger partial charge in [-0.05, 0) is 13.0 Å². The van der Waals surface area contributed by atoms with Gasteiger partial charge in [0.2, 0.25) is 0 Å². The van der Waals surface area contributed by atoms with Crippen LogP contribution in [0, 0.1) is 24.1 Å². The Balaban J connectivity index is 3.19. The second-order valence-electron chi connectivity index (χ2n) is 2.48. The van der Waals surface area contributed by atoms with Crippen molar-refractivity contribution in [3.8, 4) is 6.07 Å². The van der Waals surface area contributed by atoms with Gasteiger partial charge in [-0.15, -0.1) is 0 Å². The topological polar surface area (TPSA) is 23.8 Å². The molecule has 0 saturated carbocycles. The van der Waals surface area contributed by atoms with Crippen LogP contribution in [0.1, 0.15) is 11.1 Å². The average Bonchev–Trinajstić information content (AvgIpc) is 2.07. The van der Waals surface area contributed by atoms with Gasteiger partial charge in [0.1, 0.15) is 5.82 Å². The van der Waals surface area contributed by atoms with Crippen LogP contribution in [0.15, 0.2) is 12.1 Å². The van der Waals surface area contributed by atoms with E-state index in [-0.39, 0.29) is 12.2 Å². The van der Waals surface area contributed by atoms with E-state index >= 15 is 0 Å². The number of hydrogen-bond acceptors (Lipinski definition) is 1. The lowest BCUT2D eigenvalue weighted by Crippen LogP contribution is -1.92. The molecule has 0 atom stereocenters. The van der Waals surface area contributed by atoms with E-state index in [4.69, 9.17) is 16.9 Å². The van der Waals surface area contributed by atoms with Crippen LogP contribution in [0.5, 0.6) is 0 Å². The van der Waals surface area contributed by atoms with Gasteiger partial charge in [0.25, 0.3) is 0 Å². The second-order valence-corrected chi connectivity index (χ2v) is 2.89. The molecule has 1 nitrogen and oxygen atoms in total. The Hall–Kier alpha value is -1.07. The summed E-state index contributed by atoms with van der Waals surface area (Å²) in [6.07, 6.45) is 0.0871. The molecule has 1 aromatic rings. The van der Waals surface area contributed by atoms with Crippen molar-refractivity contribution < 1.29 is 4.39 Å². The summed E-state index contributed by atoms with van der Waals surface area (Å²) in [7, 11) is 0. The highest BCUT2D eigenvalue weighted by Gasteiger charge is 2.07. The van der Waals surface area contributed by atoms with Crippen LogP contribution >= 0.6 is 11.6 Å². The Morgan fingerprint density at radius 1 is 1.58 bits per heavy atom. The second kappa shape index (κ2) is 3.55. The van der Waals surface area contributed by atoms with Gasteiger partial charge in [-0.3, -0.25) is 0 Å². The normalized spacial score (nSPS) is 9.50. The Kier molecular flexibility index (Phi) is 2.67. The number of nitrogens with zero attached hydrogens (tertiary/aromatic N) is 1. The van der Waals surface area contributed by atoms with E-state index < -0.39 is 0 Å². The van der Waals surface area contributed by atoms with Gasteiger partial charge in [-0.1, -0.05) is 17.7 Å². The lowest BCUT2D eigenvalue weighted by molar-refractivity contribution is 0.606. The molecule has 0 aromatic heterocycles. The first-order chi connectivity index (χ1) is 5.66. The molecule has 0 radical (unpaired) electrons. The van der Waals surface area contributed by atoms with Crippen LogP contribution in [0.25, 0.3) is 0 Å². The Labute approximate surface area is 75.4 Å². The first-order valence-electron chi connectivity index (χ1n) is 3.47. The first-order valence-corrected chi connectivity index (χ1v) is 3.85. The zero-order valence-corrected chi connectivity index (χ0v) is 7.32. The molecule has 62 valence electrons. The number of hydrogen-bond donors (Lipinski definition) is 0. The molecule has 0 bridgehead atoms. The van der Waals surface area contributed by atoms with E-state index in [2.05, 4.69) is 0 Å². The van der Waals surface area contributed by atoms with Crippen LogP contribution < -0.4 is 0 Å². The molecule has 1 rings (SSSR count). The summed E-state index contributed by atoms with van der Waals surface area (Å²) < 4.78 is 13.2. The minimum Gasteiger partial charge on any atom is -0.206 e. The van der Waals surface area contributed by atoms with Crippen LogP contribution in [-0.2, 0) is 6.42 Å². The summed E-state index contributed by atoms with van der Waals surface area (Å²) in [5.74, 6) is -0.371. The zero-order valence-electron chi connectivity index (χ0n) is 6.56. The highest BCUT2D eigenvalue weighted by molar-refractivity contribution is 6.31. The number of benzene rings is 1. The molecule has 0 saturated heterocycles. The molecular weight excluding hydrogens is 177 g/mol. The molecule has 12 heavy (non-hydrogen) atoms. The predicted octanol–water partition coefficient (Wildman–Crippen LogP) is 2.85. The van der Waals surface area contributed by atoms with E-state index in [9.17, 15) is 4.39 Å². The van der Waals surface area contributed by atoms with Crippen LogP contribution in [0.2, 0.25) is 5.02 Å². The number of halogens is 2. The number of nitriles is 1. The van der Waals surface area contributed by atoms with Crippen molar-refractivity contribution in [1.82, 2.24) is 0 Å². The Morgan fingerprint density at radius 3 is 2.83 bits per heavy atom. The maximum atomic E-state index is 13.2. The Bertz CT molecular complexity index is 341. The monoisotopic (exact) mass is 183 g/mol. The van der Waals surface area contributed by atoms with Crippen molar-refractivity contribution in [2.75, 3.05) is 0 Å². The summed E-state index contributed by atoms with van der Waals surface area (Å²) in [5, 5.41) is 8.75. The summed E-state index contributed by atoms with van der Waals surface area (Å²) in [5.41, 5.74) is 0.809. The molecule has 0 aliphatic rings. The third kappa shape index (κ3) is 1.57. The predicted molar refractivity (Wildman–Crippen MR) is 45.5 cm³/mol. The van der Waals surface area contributed by atoms with E-state index in [0.29, 0.717) is 16.1 Å². The van der Waals surface area contributed by atoms with Crippen molar-refractivity contribution in [3.05, 3.63) is 34.1 Å². The van der Waals surface area contributed by atoms with Crippen molar-refractivity contribution >= 4 is 11.6 Å². The van der Waals surface area contributed by atoms with Crippen LogP contribution in [0.4, 0.5) is 4.39 Å². The van der Waals surface area contributed by atoms with Crippen LogP contribution in [0.3, 0.4) is 0 Å². The summed E-state index contributed by atoms with van der Waals surface area (Å²) in [6, 6.07) is 5.03. The molecule has 0 N–H and O–H groups in total. The minimum absolute atomic E-state index is 0.0871. The van der Waals surface area contributed by atoms with E-state index in [1.165, 1.54) is 6.07 Å². The lowest BCUT2D eigenvalue weighted by atomic mass is 10.1. The SMILES string of the molecule is Cc1c(Cl)ccc(CC#N)c1F. The smallest absolute Gasteiger partial charge is 0.131 e. The van der Waals surface area contributed by atoms with Gasteiger partial charge in [0.05, 0.1) is 12.5 Å². The number of rotatable bonds is 1. The third-order valence-electron chi connectivity index (χ3n) is 1.67. The van der Waals surface area contributed by atoms with E-state index in [1.54, 1.807) is 13.0 Å². The molecule has 1 aromatic carbocycles. The standard InChI is InChI=1S/C9H7ClFN/c1-6-8(10)3-2-7(4-5-12)9(6)11/h2-3H,4H2,1H3. The summed E-state index contributed by atoms with van der Waals surface area (Å²) in [4.78, 5) is 0. The quantitative estimate of drug-likeness (QED) is 0.657. The summed E-state index contributed by atoms with van der Waals surface area (Å²) in [6.45, 7) is 1.60. The largest absolute Gasteiger partial charge is 0.206 e. The summed E-state index contributed by atoms with van der Waals surface area (Å²) >= 11 is 5.66. The molecule has 0 aliphatic carbocycles. The fourth-order valence-electron chi connectivity index (χ4n) is 0.939. The molecule has 0 aliphatic heterocycles. The van der Waals surface area contributed by atoms with E-state index in [1.807, 2.05) is 6.07 Å². The molecular formula is C9H7ClFN. The van der Waals surface area contributed by atoms with Gasteiger partial charge < -0.3 is 0 Å². The Morgan fingerprint density at radius 2 is 2.25 bits per heavy atom. The van der Waals surface area contributed by atoms with Crippen molar-refractivity contribution in [2.24, 2.45) is 0 Å². The van der Waals surface area contributed by atoms with Gasteiger partial charge in [-0.25, -0.2) is 4.39 Å². The first kappa shape index (κ1) is 9.02. The fourth-order valence-corrected chi connectivity index (χ4v) is 1.09. The average molecular weight is 184 g/mol. The highest BCUT2D eigenvalue weighted by Crippen LogP contribution is 2.21. The van der Waals surface area contributed by atoms with E-state index in [0.717, 1.165) is 0 Å². The van der Waals surface area contributed by atoms with Gasteiger partial charge in [0, 0.05) is 16.1 Å². The van der Waals surface area contributed by atoms with Crippen molar-refractivity contribution in [3.63, 3.8) is 0 Å². The van der Waals surface area contributed by atoms with Crippen LogP contribution in [-0.4, -0.2) is 0 Å². The molecule has 0 heterocycles. The third-order valence-corrected chi connectivity index (χ3v) is 2.08. The van der Waals surface area contributed by atoms with Gasteiger partial charge in [-0.2, -0.15) is 5.26 Å².